The Morgan fingerprint density at radius 3 is 2.89 bits per heavy atom. The number of nitrogens with zero attached hydrogens (tertiary/aromatic N) is 3. The first-order valence-electron chi connectivity index (χ1n) is 9.41. The number of rotatable bonds is 4. The van der Waals surface area contributed by atoms with E-state index in [-0.39, 0.29) is 11.8 Å². The van der Waals surface area contributed by atoms with Crippen LogP contribution in [0.25, 0.3) is 22.4 Å². The van der Waals surface area contributed by atoms with Crippen LogP contribution in [0.2, 0.25) is 0 Å². The maximum atomic E-state index is 12.5. The molecule has 4 aromatic rings. The summed E-state index contributed by atoms with van der Waals surface area (Å²) in [6, 6.07) is 16.2. The van der Waals surface area contributed by atoms with Gasteiger partial charge >= 0.3 is 0 Å². The molecule has 3 heterocycles. The number of carbonyl (C=O) groups is 1. The SMILES string of the molecule is Cc1ccc(CN2CC(c3noc(-c4cccc5[nH]ccc45)n3)CC2=O)cc1. The van der Waals surface area contributed by atoms with Crippen LogP contribution in [0.1, 0.15) is 29.3 Å². The largest absolute Gasteiger partial charge is 0.361 e. The van der Waals surface area contributed by atoms with Gasteiger partial charge in [0, 0.05) is 48.1 Å². The van der Waals surface area contributed by atoms with E-state index < -0.39 is 0 Å². The molecule has 1 fully saturated rings. The van der Waals surface area contributed by atoms with E-state index in [2.05, 4.69) is 46.3 Å². The smallest absolute Gasteiger partial charge is 0.258 e. The number of aryl methyl sites for hydroxylation is 1. The second-order valence-electron chi connectivity index (χ2n) is 7.36. The fourth-order valence-electron chi connectivity index (χ4n) is 3.79. The molecule has 2 aromatic heterocycles. The van der Waals surface area contributed by atoms with Gasteiger partial charge in [-0.2, -0.15) is 4.98 Å². The zero-order valence-corrected chi connectivity index (χ0v) is 15.6. The maximum Gasteiger partial charge on any atom is 0.258 e. The molecule has 0 spiro atoms. The highest BCUT2D eigenvalue weighted by Crippen LogP contribution is 2.31. The molecule has 2 aromatic carbocycles. The summed E-state index contributed by atoms with van der Waals surface area (Å²) in [5, 5.41) is 5.22. The summed E-state index contributed by atoms with van der Waals surface area (Å²) >= 11 is 0. The van der Waals surface area contributed by atoms with Crippen LogP contribution in [-0.4, -0.2) is 32.5 Å². The van der Waals surface area contributed by atoms with Gasteiger partial charge in [0.15, 0.2) is 5.82 Å². The van der Waals surface area contributed by atoms with Crippen molar-refractivity contribution in [3.63, 3.8) is 0 Å². The number of likely N-dealkylation sites (tertiary alicyclic amines) is 1. The fraction of sp³-hybridized carbons (Fsp3) is 0.227. The van der Waals surface area contributed by atoms with Crippen molar-refractivity contribution < 1.29 is 9.32 Å². The fourth-order valence-corrected chi connectivity index (χ4v) is 3.79. The highest BCUT2D eigenvalue weighted by Gasteiger charge is 2.33. The topological polar surface area (TPSA) is 75.0 Å². The normalized spacial score (nSPS) is 17.0. The molecule has 1 aliphatic heterocycles. The Bertz CT molecular complexity index is 1140. The zero-order chi connectivity index (χ0) is 19.1. The van der Waals surface area contributed by atoms with E-state index in [0.717, 1.165) is 22.0 Å². The Morgan fingerprint density at radius 1 is 1.18 bits per heavy atom. The Balaban J connectivity index is 1.35. The molecule has 140 valence electrons. The third-order valence-corrected chi connectivity index (χ3v) is 5.34. The van der Waals surface area contributed by atoms with Crippen LogP contribution in [0.15, 0.2) is 59.3 Å². The van der Waals surface area contributed by atoms with Crippen LogP contribution in [0.5, 0.6) is 0 Å². The van der Waals surface area contributed by atoms with Crippen molar-refractivity contribution in [1.29, 1.82) is 0 Å². The summed E-state index contributed by atoms with van der Waals surface area (Å²) in [5.41, 5.74) is 4.27. The van der Waals surface area contributed by atoms with E-state index in [1.165, 1.54) is 5.56 Å². The first-order chi connectivity index (χ1) is 13.7. The average Bonchev–Trinajstić information content (AvgIpc) is 3.43. The summed E-state index contributed by atoms with van der Waals surface area (Å²) in [4.78, 5) is 22.2. The molecule has 1 unspecified atom stereocenters. The lowest BCUT2D eigenvalue weighted by atomic mass is 10.1. The number of H-pyrrole nitrogens is 1. The molecular weight excluding hydrogens is 352 g/mol. The van der Waals surface area contributed by atoms with Crippen LogP contribution >= 0.6 is 0 Å². The van der Waals surface area contributed by atoms with Gasteiger partial charge in [-0.1, -0.05) is 41.1 Å². The maximum absolute atomic E-state index is 12.5. The summed E-state index contributed by atoms with van der Waals surface area (Å²) in [5.74, 6) is 1.18. The molecule has 1 amide bonds. The van der Waals surface area contributed by atoms with Gasteiger partial charge in [0.25, 0.3) is 5.89 Å². The molecule has 28 heavy (non-hydrogen) atoms. The van der Waals surface area contributed by atoms with Gasteiger partial charge in [-0.05, 0) is 30.7 Å². The van der Waals surface area contributed by atoms with Gasteiger partial charge in [-0.3, -0.25) is 4.79 Å². The number of hydrogen-bond acceptors (Lipinski definition) is 4. The number of benzene rings is 2. The molecule has 0 bridgehead atoms. The Morgan fingerprint density at radius 2 is 2.04 bits per heavy atom. The lowest BCUT2D eigenvalue weighted by Gasteiger charge is -2.16. The summed E-state index contributed by atoms with van der Waals surface area (Å²) in [7, 11) is 0. The van der Waals surface area contributed by atoms with Crippen LogP contribution in [0.4, 0.5) is 0 Å². The molecule has 0 saturated carbocycles. The molecule has 0 radical (unpaired) electrons. The summed E-state index contributed by atoms with van der Waals surface area (Å²) < 4.78 is 5.54. The van der Waals surface area contributed by atoms with Crippen LogP contribution in [-0.2, 0) is 11.3 Å². The Labute approximate surface area is 162 Å². The van der Waals surface area contributed by atoms with E-state index in [4.69, 9.17) is 4.52 Å². The van der Waals surface area contributed by atoms with Crippen molar-refractivity contribution in [2.75, 3.05) is 6.54 Å². The molecule has 1 atom stereocenters. The van der Waals surface area contributed by atoms with Gasteiger partial charge in [0.2, 0.25) is 5.91 Å². The average molecular weight is 372 g/mol. The van der Waals surface area contributed by atoms with E-state index >= 15 is 0 Å². The highest BCUT2D eigenvalue weighted by molar-refractivity contribution is 5.92. The zero-order valence-electron chi connectivity index (χ0n) is 15.6. The molecular formula is C22H20N4O2. The van der Waals surface area contributed by atoms with Gasteiger partial charge < -0.3 is 14.4 Å². The van der Waals surface area contributed by atoms with Gasteiger partial charge in [-0.15, -0.1) is 0 Å². The highest BCUT2D eigenvalue weighted by atomic mass is 16.5. The van der Waals surface area contributed by atoms with Crippen LogP contribution in [0, 0.1) is 6.92 Å². The number of carbonyl (C=O) groups excluding carboxylic acids is 1. The van der Waals surface area contributed by atoms with Crippen molar-refractivity contribution in [3.05, 3.63) is 71.7 Å². The number of nitrogens with one attached hydrogen (secondary N) is 1. The number of aromatic amines is 1. The standard InChI is InChI=1S/C22H20N4O2/c1-14-5-7-15(8-6-14)12-26-13-16(11-20(26)27)21-24-22(28-25-21)18-3-2-4-19-17(18)9-10-23-19/h2-10,16,23H,11-13H2,1H3. The first-order valence-corrected chi connectivity index (χ1v) is 9.41. The number of hydrogen-bond donors (Lipinski definition) is 1. The van der Waals surface area contributed by atoms with Crippen molar-refractivity contribution >= 4 is 16.8 Å². The lowest BCUT2D eigenvalue weighted by molar-refractivity contribution is -0.128. The van der Waals surface area contributed by atoms with Gasteiger partial charge in [0.1, 0.15) is 0 Å². The Kier molecular flexibility index (Phi) is 3.97. The molecule has 1 N–H and O–H groups in total. The van der Waals surface area contributed by atoms with E-state index in [9.17, 15) is 4.79 Å². The molecule has 6 nitrogen and oxygen atoms in total. The molecule has 1 aliphatic rings. The molecule has 1 saturated heterocycles. The summed E-state index contributed by atoms with van der Waals surface area (Å²) in [6.45, 7) is 3.28. The van der Waals surface area contributed by atoms with Gasteiger partial charge in [-0.25, -0.2) is 0 Å². The van der Waals surface area contributed by atoms with E-state index in [1.807, 2.05) is 35.4 Å². The van der Waals surface area contributed by atoms with Crippen molar-refractivity contribution in [3.8, 4) is 11.5 Å². The monoisotopic (exact) mass is 372 g/mol. The molecule has 0 aliphatic carbocycles. The van der Waals surface area contributed by atoms with Crippen molar-refractivity contribution in [2.45, 2.75) is 25.8 Å². The number of amides is 1. The summed E-state index contributed by atoms with van der Waals surface area (Å²) in [6.07, 6.45) is 2.31. The predicted octanol–water partition coefficient (Wildman–Crippen LogP) is 4.04. The lowest BCUT2D eigenvalue weighted by Crippen LogP contribution is -2.24. The van der Waals surface area contributed by atoms with Crippen LogP contribution < -0.4 is 0 Å². The molecule has 5 rings (SSSR count). The quantitative estimate of drug-likeness (QED) is 0.587. The van der Waals surface area contributed by atoms with Gasteiger partial charge in [0.05, 0.1) is 0 Å². The van der Waals surface area contributed by atoms with Crippen LogP contribution in [0.3, 0.4) is 0 Å². The third kappa shape index (κ3) is 2.97. The molecule has 6 heteroatoms. The van der Waals surface area contributed by atoms with Crippen molar-refractivity contribution in [1.82, 2.24) is 20.0 Å². The van der Waals surface area contributed by atoms with E-state index in [1.54, 1.807) is 0 Å². The number of fused-ring (bicyclic) bond motifs is 1. The minimum atomic E-state index is -0.0409. The number of aromatic nitrogens is 3. The third-order valence-electron chi connectivity index (χ3n) is 5.34. The second kappa shape index (κ2) is 6.64. The minimum absolute atomic E-state index is 0.0409. The predicted molar refractivity (Wildman–Crippen MR) is 106 cm³/mol. The van der Waals surface area contributed by atoms with E-state index in [0.29, 0.717) is 31.2 Å². The second-order valence-corrected chi connectivity index (χ2v) is 7.36. The first kappa shape index (κ1) is 16.7. The minimum Gasteiger partial charge on any atom is -0.361 e. The van der Waals surface area contributed by atoms with Crippen molar-refractivity contribution in [2.24, 2.45) is 0 Å². The Hall–Kier alpha value is -3.41.